The summed E-state index contributed by atoms with van der Waals surface area (Å²) in [6.45, 7) is -0.362. The molecule has 1 unspecified atom stereocenters. The molecule has 31 heavy (non-hydrogen) atoms. The lowest BCUT2D eigenvalue weighted by Crippen LogP contribution is -2.42. The molecule has 0 saturated heterocycles. The molecule has 6 nitrogen and oxygen atoms in total. The number of carbonyl (C=O) groups is 1. The summed E-state index contributed by atoms with van der Waals surface area (Å²) in [5.74, 6) is 4.56. The van der Waals surface area contributed by atoms with Crippen molar-refractivity contribution in [2.75, 3.05) is 6.67 Å². The van der Waals surface area contributed by atoms with E-state index in [1.54, 1.807) is 18.3 Å². The number of alkyl halides is 1. The molecule has 0 aliphatic heterocycles. The Bertz CT molecular complexity index is 1210. The second-order valence-electron chi connectivity index (χ2n) is 7.05. The summed E-state index contributed by atoms with van der Waals surface area (Å²) in [6, 6.07) is 12.0. The molecule has 3 aromatic rings. The van der Waals surface area contributed by atoms with Gasteiger partial charge in [-0.15, -0.1) is 0 Å². The fourth-order valence-electron chi connectivity index (χ4n) is 3.14. The Balaban J connectivity index is 1.72. The molecule has 0 spiro atoms. The lowest BCUT2D eigenvalue weighted by molar-refractivity contribution is -0.138. The lowest BCUT2D eigenvalue weighted by atomic mass is 10.1. The Hall–Kier alpha value is -3.15. The molecule has 0 bridgehead atoms. The van der Waals surface area contributed by atoms with E-state index < -0.39 is 22.0 Å². The van der Waals surface area contributed by atoms with E-state index in [1.165, 1.54) is 12.1 Å². The first kappa shape index (κ1) is 22.5. The van der Waals surface area contributed by atoms with Gasteiger partial charge in [0.1, 0.15) is 6.04 Å². The number of rotatable bonds is 9. The predicted octanol–water partition coefficient (Wildman–Crippen LogP) is 3.63. The van der Waals surface area contributed by atoms with Crippen LogP contribution in [0.4, 0.5) is 4.39 Å². The van der Waals surface area contributed by atoms with Crippen molar-refractivity contribution in [3.8, 4) is 11.8 Å². The molecule has 1 heterocycles. The van der Waals surface area contributed by atoms with E-state index in [4.69, 9.17) is 0 Å². The highest BCUT2D eigenvalue weighted by molar-refractivity contribution is 7.89. The van der Waals surface area contributed by atoms with Gasteiger partial charge >= 0.3 is 5.97 Å². The second-order valence-corrected chi connectivity index (χ2v) is 8.76. The average molecular weight is 443 g/mol. The maximum absolute atomic E-state index is 12.7. The van der Waals surface area contributed by atoms with Crippen molar-refractivity contribution < 1.29 is 22.7 Å². The quantitative estimate of drug-likeness (QED) is 0.348. The largest absolute Gasteiger partial charge is 0.480 e. The van der Waals surface area contributed by atoms with E-state index in [9.17, 15) is 22.7 Å². The number of nitrogens with one attached hydrogen (secondary N) is 2. The Labute approximate surface area is 180 Å². The molecule has 162 valence electrons. The molecular weight excluding hydrogens is 419 g/mol. The number of hydrogen-bond acceptors (Lipinski definition) is 3. The average Bonchev–Trinajstić information content (AvgIpc) is 3.16. The third-order valence-corrected chi connectivity index (χ3v) is 6.26. The molecule has 0 saturated carbocycles. The van der Waals surface area contributed by atoms with Crippen LogP contribution in [0.3, 0.4) is 0 Å². The number of aliphatic carboxylic acids is 1. The van der Waals surface area contributed by atoms with Crippen molar-refractivity contribution in [2.24, 2.45) is 0 Å². The van der Waals surface area contributed by atoms with Gasteiger partial charge in [-0.05, 0) is 48.7 Å². The molecule has 0 aliphatic carbocycles. The summed E-state index contributed by atoms with van der Waals surface area (Å²) in [4.78, 5) is 14.8. The van der Waals surface area contributed by atoms with Crippen molar-refractivity contribution >= 4 is 26.9 Å². The molecule has 0 aliphatic rings. The van der Waals surface area contributed by atoms with Gasteiger partial charge in [-0.3, -0.25) is 9.18 Å². The summed E-state index contributed by atoms with van der Waals surface area (Å²) in [7, 11) is -4.04. The van der Waals surface area contributed by atoms with E-state index in [2.05, 4.69) is 21.5 Å². The van der Waals surface area contributed by atoms with Crippen molar-refractivity contribution in [3.63, 3.8) is 0 Å². The Morgan fingerprint density at radius 1 is 1.13 bits per heavy atom. The van der Waals surface area contributed by atoms with Crippen LogP contribution in [0, 0.1) is 11.8 Å². The first-order valence-corrected chi connectivity index (χ1v) is 11.3. The molecule has 2 aromatic carbocycles. The highest BCUT2D eigenvalue weighted by atomic mass is 32.2. The van der Waals surface area contributed by atoms with Gasteiger partial charge in [0.15, 0.2) is 0 Å². The Kier molecular flexibility index (Phi) is 7.45. The Morgan fingerprint density at radius 2 is 1.87 bits per heavy atom. The molecule has 8 heteroatoms. The number of hydrogen-bond donors (Lipinski definition) is 3. The molecule has 3 rings (SSSR count). The molecule has 1 atom stereocenters. The maximum atomic E-state index is 12.7. The summed E-state index contributed by atoms with van der Waals surface area (Å²) in [6.07, 6.45) is 3.41. The van der Waals surface area contributed by atoms with E-state index in [0.29, 0.717) is 30.4 Å². The van der Waals surface area contributed by atoms with Crippen LogP contribution in [0.5, 0.6) is 0 Å². The van der Waals surface area contributed by atoms with E-state index in [1.807, 2.05) is 24.3 Å². The number of halogens is 1. The summed E-state index contributed by atoms with van der Waals surface area (Å²) in [5.41, 5.74) is 2.20. The van der Waals surface area contributed by atoms with Crippen LogP contribution >= 0.6 is 0 Å². The van der Waals surface area contributed by atoms with Gasteiger partial charge in [-0.1, -0.05) is 30.0 Å². The second kappa shape index (κ2) is 10.2. The van der Waals surface area contributed by atoms with Crippen molar-refractivity contribution in [1.82, 2.24) is 9.71 Å². The maximum Gasteiger partial charge on any atom is 0.322 e. The molecule has 0 fully saturated rings. The highest BCUT2D eigenvalue weighted by Crippen LogP contribution is 2.20. The third-order valence-electron chi connectivity index (χ3n) is 4.78. The fourth-order valence-corrected chi connectivity index (χ4v) is 4.33. The molecular formula is C23H23FN2O4S. The van der Waals surface area contributed by atoms with Gasteiger partial charge in [-0.2, -0.15) is 4.72 Å². The fraction of sp³-hybridized carbons (Fsp3) is 0.261. The summed E-state index contributed by atoms with van der Waals surface area (Å²) in [5, 5.41) is 10.4. The standard InChI is InChI=1S/C23H23FN2O4S/c24-14-6-2-1-3-7-17-10-12-19(13-11-17)31(29,30)26-22(23(27)28)15-18-16-25-21-9-5-4-8-20(18)21/h4-5,8-13,16,22,25-26H,1-2,6,14-15H2,(H,27,28). The molecule has 1 aromatic heterocycles. The summed E-state index contributed by atoms with van der Waals surface area (Å²) < 4.78 is 39.8. The smallest absolute Gasteiger partial charge is 0.322 e. The zero-order valence-electron chi connectivity index (χ0n) is 16.8. The predicted molar refractivity (Wildman–Crippen MR) is 117 cm³/mol. The van der Waals surface area contributed by atoms with Gasteiger partial charge < -0.3 is 10.1 Å². The molecule has 3 N–H and O–H groups in total. The Morgan fingerprint density at radius 3 is 2.58 bits per heavy atom. The number of benzene rings is 2. The van der Waals surface area contributed by atoms with Crippen LogP contribution in [0.2, 0.25) is 0 Å². The zero-order chi connectivity index (χ0) is 22.3. The zero-order valence-corrected chi connectivity index (χ0v) is 17.6. The third kappa shape index (κ3) is 5.94. The van der Waals surface area contributed by atoms with Gasteiger partial charge in [0.05, 0.1) is 11.6 Å². The number of fused-ring (bicyclic) bond motifs is 1. The first-order chi connectivity index (χ1) is 14.9. The van der Waals surface area contributed by atoms with E-state index >= 15 is 0 Å². The van der Waals surface area contributed by atoms with E-state index in [-0.39, 0.29) is 18.0 Å². The first-order valence-electron chi connectivity index (χ1n) is 9.86. The minimum Gasteiger partial charge on any atom is -0.480 e. The monoisotopic (exact) mass is 442 g/mol. The van der Waals surface area contributed by atoms with Crippen LogP contribution in [-0.2, 0) is 21.2 Å². The number of sulfonamides is 1. The topological polar surface area (TPSA) is 99.3 Å². The highest BCUT2D eigenvalue weighted by Gasteiger charge is 2.26. The van der Waals surface area contributed by atoms with Gasteiger partial charge in [0.2, 0.25) is 10.0 Å². The normalized spacial score (nSPS) is 12.3. The van der Waals surface area contributed by atoms with Crippen LogP contribution in [0.15, 0.2) is 59.6 Å². The van der Waals surface area contributed by atoms with Crippen LogP contribution in [0.25, 0.3) is 10.9 Å². The van der Waals surface area contributed by atoms with E-state index in [0.717, 1.165) is 10.9 Å². The van der Waals surface area contributed by atoms with Crippen LogP contribution in [-0.4, -0.2) is 37.2 Å². The number of carboxylic acid groups (broad SMARTS) is 1. The van der Waals surface area contributed by atoms with Gasteiger partial charge in [0.25, 0.3) is 0 Å². The van der Waals surface area contributed by atoms with Crippen molar-refractivity contribution in [2.45, 2.75) is 36.6 Å². The number of H-pyrrole nitrogens is 1. The number of para-hydroxylation sites is 1. The van der Waals surface area contributed by atoms with Crippen LogP contribution < -0.4 is 4.72 Å². The number of carboxylic acids is 1. The van der Waals surface area contributed by atoms with Crippen molar-refractivity contribution in [3.05, 3.63) is 65.9 Å². The minimum absolute atomic E-state index is 0.00101. The molecule has 0 amide bonds. The van der Waals surface area contributed by atoms with Gasteiger partial charge in [-0.25, -0.2) is 8.42 Å². The van der Waals surface area contributed by atoms with Crippen LogP contribution in [0.1, 0.15) is 30.4 Å². The number of aromatic nitrogens is 1. The minimum atomic E-state index is -4.04. The lowest BCUT2D eigenvalue weighted by Gasteiger charge is -2.14. The SMILES string of the molecule is O=C(O)C(Cc1c[nH]c2ccccc12)NS(=O)(=O)c1ccc(C#CCCCCF)cc1. The summed E-state index contributed by atoms with van der Waals surface area (Å²) >= 11 is 0. The number of aromatic amines is 1. The van der Waals surface area contributed by atoms with Crippen molar-refractivity contribution in [1.29, 1.82) is 0 Å². The molecule has 0 radical (unpaired) electrons. The number of unbranched alkanes of at least 4 members (excludes halogenated alkanes) is 2. The van der Waals surface area contributed by atoms with Gasteiger partial charge in [0, 0.05) is 35.5 Å².